The highest BCUT2D eigenvalue weighted by molar-refractivity contribution is 5.94. The molecule has 0 fully saturated rings. The van der Waals surface area contributed by atoms with E-state index in [1.165, 1.54) is 0 Å². The minimum atomic E-state index is 0.159. The Morgan fingerprint density at radius 1 is 1.27 bits per heavy atom. The summed E-state index contributed by atoms with van der Waals surface area (Å²) in [6.45, 7) is 7.59. The van der Waals surface area contributed by atoms with Gasteiger partial charge in [0.05, 0.1) is 0 Å². The van der Waals surface area contributed by atoms with Gasteiger partial charge in [-0.25, -0.2) is 0 Å². The number of carbonyl (C=O) groups is 1. The van der Waals surface area contributed by atoms with Crippen molar-refractivity contribution in [1.82, 2.24) is 5.32 Å². The van der Waals surface area contributed by atoms with E-state index in [0.717, 1.165) is 11.3 Å². The monoisotopic (exact) mass is 155 g/mol. The minimum Gasteiger partial charge on any atom is -0.391 e. The first-order valence-electron chi connectivity index (χ1n) is 3.90. The standard InChI is InChI=1S/C9H17NO/c1-6(2)9(8(4)11)7(3)10-5/h6,10H,1-5H3/b9-7-. The largest absolute Gasteiger partial charge is 0.391 e. The molecule has 0 aliphatic carbocycles. The van der Waals surface area contributed by atoms with Crippen LogP contribution in [-0.2, 0) is 4.79 Å². The zero-order chi connectivity index (χ0) is 9.02. The smallest absolute Gasteiger partial charge is 0.157 e. The molecular formula is C9H17NO. The van der Waals surface area contributed by atoms with Crippen LogP contribution < -0.4 is 5.32 Å². The Balaban J connectivity index is 4.73. The van der Waals surface area contributed by atoms with Crippen molar-refractivity contribution in [2.45, 2.75) is 27.7 Å². The second kappa shape index (κ2) is 4.16. The molecule has 0 saturated carbocycles. The zero-order valence-electron chi connectivity index (χ0n) is 7.99. The van der Waals surface area contributed by atoms with E-state index in [-0.39, 0.29) is 5.78 Å². The molecule has 0 bridgehead atoms. The van der Waals surface area contributed by atoms with Crippen LogP contribution in [0.5, 0.6) is 0 Å². The number of Topliss-reactive ketones (excluding diaryl/α,β-unsaturated/α-hetero) is 1. The second-order valence-corrected chi connectivity index (χ2v) is 3.00. The van der Waals surface area contributed by atoms with Crippen molar-refractivity contribution in [1.29, 1.82) is 0 Å². The molecule has 0 rings (SSSR count). The predicted molar refractivity (Wildman–Crippen MR) is 47.3 cm³/mol. The fraction of sp³-hybridized carbons (Fsp3) is 0.667. The van der Waals surface area contributed by atoms with Crippen LogP contribution >= 0.6 is 0 Å². The number of rotatable bonds is 3. The Hall–Kier alpha value is -0.790. The maximum Gasteiger partial charge on any atom is 0.157 e. The van der Waals surface area contributed by atoms with Gasteiger partial charge in [-0.1, -0.05) is 13.8 Å². The number of allylic oxidation sites excluding steroid dienone is 2. The number of hydrogen-bond acceptors (Lipinski definition) is 2. The van der Waals surface area contributed by atoms with Crippen LogP contribution in [0.2, 0.25) is 0 Å². The lowest BCUT2D eigenvalue weighted by atomic mass is 9.98. The summed E-state index contributed by atoms with van der Waals surface area (Å²) in [5, 5.41) is 2.99. The number of hydrogen-bond donors (Lipinski definition) is 1. The molecule has 11 heavy (non-hydrogen) atoms. The average molecular weight is 155 g/mol. The first-order valence-corrected chi connectivity index (χ1v) is 3.90. The molecule has 0 saturated heterocycles. The lowest BCUT2D eigenvalue weighted by Gasteiger charge is -2.11. The number of ketones is 1. The number of nitrogens with one attached hydrogen (secondary N) is 1. The summed E-state index contributed by atoms with van der Waals surface area (Å²) in [5.74, 6) is 0.465. The molecule has 2 nitrogen and oxygen atoms in total. The van der Waals surface area contributed by atoms with Gasteiger partial charge in [0.15, 0.2) is 5.78 Å². The van der Waals surface area contributed by atoms with Gasteiger partial charge in [0, 0.05) is 18.3 Å². The first-order chi connectivity index (χ1) is 5.00. The lowest BCUT2D eigenvalue weighted by Crippen LogP contribution is -2.14. The molecule has 0 unspecified atom stereocenters. The highest BCUT2D eigenvalue weighted by Crippen LogP contribution is 2.13. The summed E-state index contributed by atoms with van der Waals surface area (Å²) in [4.78, 5) is 11.1. The van der Waals surface area contributed by atoms with Gasteiger partial charge in [0.25, 0.3) is 0 Å². The van der Waals surface area contributed by atoms with E-state index < -0.39 is 0 Å². The molecule has 0 aromatic heterocycles. The summed E-state index contributed by atoms with van der Waals surface area (Å²) in [5.41, 5.74) is 1.88. The van der Waals surface area contributed by atoms with Crippen LogP contribution in [0.25, 0.3) is 0 Å². The van der Waals surface area contributed by atoms with Gasteiger partial charge in [-0.15, -0.1) is 0 Å². The molecule has 1 N–H and O–H groups in total. The SMILES string of the molecule is CN/C(C)=C(\C(C)=O)C(C)C. The van der Waals surface area contributed by atoms with Crippen molar-refractivity contribution in [3.05, 3.63) is 11.3 Å². The van der Waals surface area contributed by atoms with Crippen molar-refractivity contribution in [2.75, 3.05) is 7.05 Å². The quantitative estimate of drug-likeness (QED) is 0.629. The number of carbonyl (C=O) groups excluding carboxylic acids is 1. The van der Waals surface area contributed by atoms with Gasteiger partial charge in [-0.2, -0.15) is 0 Å². The Morgan fingerprint density at radius 3 is 1.82 bits per heavy atom. The van der Waals surface area contributed by atoms with Gasteiger partial charge in [0.1, 0.15) is 0 Å². The minimum absolute atomic E-state index is 0.159. The highest BCUT2D eigenvalue weighted by Gasteiger charge is 2.10. The van der Waals surface area contributed by atoms with E-state index in [9.17, 15) is 4.79 Å². The maximum absolute atomic E-state index is 11.1. The summed E-state index contributed by atoms with van der Waals surface area (Å²) in [6.07, 6.45) is 0. The maximum atomic E-state index is 11.1. The zero-order valence-corrected chi connectivity index (χ0v) is 7.99. The van der Waals surface area contributed by atoms with E-state index in [1.54, 1.807) is 6.92 Å². The third-order valence-corrected chi connectivity index (χ3v) is 1.74. The van der Waals surface area contributed by atoms with Crippen LogP contribution in [0.1, 0.15) is 27.7 Å². The first kappa shape index (κ1) is 10.2. The molecule has 0 atom stereocenters. The van der Waals surface area contributed by atoms with Gasteiger partial charge in [-0.3, -0.25) is 4.79 Å². The summed E-state index contributed by atoms with van der Waals surface area (Å²) in [6, 6.07) is 0. The molecule has 0 radical (unpaired) electrons. The van der Waals surface area contributed by atoms with Crippen molar-refractivity contribution >= 4 is 5.78 Å². The third-order valence-electron chi connectivity index (χ3n) is 1.74. The fourth-order valence-corrected chi connectivity index (χ4v) is 1.24. The van der Waals surface area contributed by atoms with Crippen LogP contribution in [0, 0.1) is 5.92 Å². The van der Waals surface area contributed by atoms with Crippen molar-refractivity contribution < 1.29 is 4.79 Å². The molecular weight excluding hydrogens is 138 g/mol. The lowest BCUT2D eigenvalue weighted by molar-refractivity contribution is -0.114. The van der Waals surface area contributed by atoms with E-state index in [2.05, 4.69) is 5.32 Å². The average Bonchev–Trinajstić information content (AvgIpc) is 1.85. The fourth-order valence-electron chi connectivity index (χ4n) is 1.24. The van der Waals surface area contributed by atoms with E-state index in [4.69, 9.17) is 0 Å². The molecule has 0 aromatic carbocycles. The molecule has 64 valence electrons. The Morgan fingerprint density at radius 2 is 1.73 bits per heavy atom. The van der Waals surface area contributed by atoms with Crippen molar-refractivity contribution in [2.24, 2.45) is 5.92 Å². The molecule has 0 aliphatic rings. The Bertz CT molecular complexity index is 180. The molecule has 0 amide bonds. The third kappa shape index (κ3) is 2.74. The Labute approximate surface area is 68.7 Å². The molecule has 0 spiro atoms. The van der Waals surface area contributed by atoms with Gasteiger partial charge in [-0.05, 0) is 19.8 Å². The van der Waals surface area contributed by atoms with Crippen LogP contribution in [0.4, 0.5) is 0 Å². The van der Waals surface area contributed by atoms with Gasteiger partial charge in [0.2, 0.25) is 0 Å². The van der Waals surface area contributed by atoms with Gasteiger partial charge >= 0.3 is 0 Å². The molecule has 2 heteroatoms. The summed E-state index contributed by atoms with van der Waals surface area (Å²) < 4.78 is 0. The predicted octanol–water partition coefficient (Wildman–Crippen LogP) is 1.72. The van der Waals surface area contributed by atoms with Crippen molar-refractivity contribution in [3.8, 4) is 0 Å². The van der Waals surface area contributed by atoms with E-state index in [1.807, 2.05) is 27.8 Å². The topological polar surface area (TPSA) is 29.1 Å². The summed E-state index contributed by atoms with van der Waals surface area (Å²) in [7, 11) is 1.83. The molecule has 0 heterocycles. The normalized spacial score (nSPS) is 12.9. The molecule has 0 aromatic rings. The molecule has 0 aliphatic heterocycles. The van der Waals surface area contributed by atoms with Crippen LogP contribution in [0.3, 0.4) is 0 Å². The summed E-state index contributed by atoms with van der Waals surface area (Å²) >= 11 is 0. The van der Waals surface area contributed by atoms with Crippen molar-refractivity contribution in [3.63, 3.8) is 0 Å². The second-order valence-electron chi connectivity index (χ2n) is 3.00. The van der Waals surface area contributed by atoms with E-state index in [0.29, 0.717) is 5.92 Å². The highest BCUT2D eigenvalue weighted by atomic mass is 16.1. The van der Waals surface area contributed by atoms with Crippen LogP contribution in [0.15, 0.2) is 11.3 Å². The van der Waals surface area contributed by atoms with Crippen LogP contribution in [-0.4, -0.2) is 12.8 Å². The Kier molecular flexibility index (Phi) is 3.86. The van der Waals surface area contributed by atoms with Gasteiger partial charge < -0.3 is 5.32 Å². The van der Waals surface area contributed by atoms with E-state index >= 15 is 0 Å².